The van der Waals surface area contributed by atoms with Gasteiger partial charge < -0.3 is 15.4 Å². The molecule has 1 aliphatic heterocycles. The fourth-order valence-corrected chi connectivity index (χ4v) is 3.89. The van der Waals surface area contributed by atoms with E-state index < -0.39 is 0 Å². The van der Waals surface area contributed by atoms with E-state index in [0.717, 1.165) is 32.0 Å². The molecule has 2 N–H and O–H groups in total. The minimum atomic E-state index is -0.140. The monoisotopic (exact) mass is 494 g/mol. The number of hydrogen-bond acceptors (Lipinski definition) is 5. The number of rotatable bonds is 9. The smallest absolute Gasteiger partial charge is 0.305 e. The molecule has 6 nitrogen and oxygen atoms in total. The number of likely N-dealkylation sites (tertiary alicyclic amines) is 1. The normalized spacial score (nSPS) is 16.0. The van der Waals surface area contributed by atoms with E-state index in [4.69, 9.17) is 4.74 Å². The largest absolute Gasteiger partial charge is 0.466 e. The number of halogens is 1. The molecule has 0 aromatic carbocycles. The van der Waals surface area contributed by atoms with Gasteiger partial charge in [0.15, 0.2) is 5.96 Å². The number of guanidine groups is 1. The Bertz CT molecular complexity index is 533. The van der Waals surface area contributed by atoms with Gasteiger partial charge in [-0.2, -0.15) is 0 Å². The first-order chi connectivity index (χ1) is 12.2. The Labute approximate surface area is 177 Å². The number of esters is 1. The van der Waals surface area contributed by atoms with Crippen LogP contribution in [0.1, 0.15) is 43.5 Å². The van der Waals surface area contributed by atoms with Gasteiger partial charge in [0, 0.05) is 31.4 Å². The van der Waals surface area contributed by atoms with Gasteiger partial charge in [0.1, 0.15) is 0 Å². The van der Waals surface area contributed by atoms with E-state index in [1.54, 1.807) is 7.05 Å². The fraction of sp³-hybridized carbons (Fsp3) is 0.667. The average Bonchev–Trinajstić information content (AvgIpc) is 3.31. The van der Waals surface area contributed by atoms with Crippen molar-refractivity contribution in [2.24, 2.45) is 4.99 Å². The molecule has 0 spiro atoms. The van der Waals surface area contributed by atoms with Gasteiger partial charge in [-0.05, 0) is 50.7 Å². The Morgan fingerprint density at radius 1 is 1.38 bits per heavy atom. The Kier molecular flexibility index (Phi) is 11.9. The Morgan fingerprint density at radius 3 is 2.77 bits per heavy atom. The molecule has 2 heterocycles. The Balaban J connectivity index is 0.00000338. The van der Waals surface area contributed by atoms with Crippen LogP contribution in [-0.2, 0) is 9.53 Å². The molecule has 1 atom stereocenters. The first-order valence-corrected chi connectivity index (χ1v) is 10.00. The van der Waals surface area contributed by atoms with Crippen molar-refractivity contribution in [3.8, 4) is 0 Å². The van der Waals surface area contributed by atoms with Gasteiger partial charge in [0.25, 0.3) is 0 Å². The maximum atomic E-state index is 11.4. The predicted molar refractivity (Wildman–Crippen MR) is 119 cm³/mol. The van der Waals surface area contributed by atoms with E-state index in [1.807, 2.05) is 18.3 Å². The number of thiophene rings is 1. The second kappa shape index (κ2) is 13.3. The van der Waals surface area contributed by atoms with E-state index in [-0.39, 0.29) is 29.9 Å². The molecule has 148 valence electrons. The van der Waals surface area contributed by atoms with Gasteiger partial charge in [-0.15, -0.1) is 35.3 Å². The number of carbonyl (C=O) groups is 1. The summed E-state index contributed by atoms with van der Waals surface area (Å²) >= 11 is 1.81. The summed E-state index contributed by atoms with van der Waals surface area (Å²) in [6, 6.07) is 4.72. The summed E-state index contributed by atoms with van der Waals surface area (Å²) in [4.78, 5) is 19.6. The lowest BCUT2D eigenvalue weighted by Gasteiger charge is -2.27. The highest BCUT2D eigenvalue weighted by atomic mass is 127. The number of nitrogens with zero attached hydrogens (tertiary/aromatic N) is 2. The van der Waals surface area contributed by atoms with Gasteiger partial charge in [-0.1, -0.05) is 6.07 Å². The average molecular weight is 494 g/mol. The van der Waals surface area contributed by atoms with Crippen LogP contribution in [0, 0.1) is 0 Å². The van der Waals surface area contributed by atoms with Crippen LogP contribution >= 0.6 is 35.3 Å². The van der Waals surface area contributed by atoms with Crippen LogP contribution in [0.5, 0.6) is 0 Å². The second-order valence-corrected chi connectivity index (χ2v) is 7.04. The second-order valence-electron chi connectivity index (χ2n) is 6.06. The zero-order chi connectivity index (χ0) is 17.9. The van der Waals surface area contributed by atoms with Crippen LogP contribution in [-0.4, -0.2) is 56.7 Å². The number of hydrogen-bond donors (Lipinski definition) is 2. The molecule has 1 aromatic rings. The van der Waals surface area contributed by atoms with E-state index in [0.29, 0.717) is 25.6 Å². The van der Waals surface area contributed by atoms with Gasteiger partial charge >= 0.3 is 5.97 Å². The number of nitrogens with one attached hydrogen (secondary N) is 2. The van der Waals surface area contributed by atoms with E-state index in [1.165, 1.54) is 17.7 Å². The summed E-state index contributed by atoms with van der Waals surface area (Å²) in [6.07, 6.45) is 3.73. The van der Waals surface area contributed by atoms with E-state index >= 15 is 0 Å². The maximum absolute atomic E-state index is 11.4. The third-order valence-electron chi connectivity index (χ3n) is 4.29. The molecule has 1 fully saturated rings. The Morgan fingerprint density at radius 2 is 2.15 bits per heavy atom. The van der Waals surface area contributed by atoms with Crippen LogP contribution < -0.4 is 10.6 Å². The highest BCUT2D eigenvalue weighted by molar-refractivity contribution is 14.0. The first-order valence-electron chi connectivity index (χ1n) is 9.12. The summed E-state index contributed by atoms with van der Waals surface area (Å²) in [6.45, 7) is 6.12. The molecule has 2 rings (SSSR count). The van der Waals surface area contributed by atoms with E-state index in [2.05, 4.69) is 38.0 Å². The summed E-state index contributed by atoms with van der Waals surface area (Å²) < 4.78 is 4.94. The van der Waals surface area contributed by atoms with Gasteiger partial charge in [-0.3, -0.25) is 14.7 Å². The zero-order valence-corrected chi connectivity index (χ0v) is 18.8. The minimum absolute atomic E-state index is 0. The van der Waals surface area contributed by atoms with Crippen molar-refractivity contribution in [1.82, 2.24) is 15.5 Å². The quantitative estimate of drug-likeness (QED) is 0.182. The third-order valence-corrected chi connectivity index (χ3v) is 5.27. The minimum Gasteiger partial charge on any atom is -0.466 e. The van der Waals surface area contributed by atoms with Crippen molar-refractivity contribution in [3.05, 3.63) is 22.4 Å². The zero-order valence-electron chi connectivity index (χ0n) is 15.7. The van der Waals surface area contributed by atoms with Gasteiger partial charge in [0.2, 0.25) is 0 Å². The van der Waals surface area contributed by atoms with Crippen molar-refractivity contribution < 1.29 is 9.53 Å². The van der Waals surface area contributed by atoms with Crippen LogP contribution in [0.25, 0.3) is 0 Å². The van der Waals surface area contributed by atoms with E-state index in [9.17, 15) is 4.79 Å². The molecule has 0 radical (unpaired) electrons. The summed E-state index contributed by atoms with van der Waals surface area (Å²) in [5.74, 6) is 0.642. The predicted octanol–water partition coefficient (Wildman–Crippen LogP) is 3.01. The summed E-state index contributed by atoms with van der Waals surface area (Å²) in [5, 5.41) is 8.85. The van der Waals surface area contributed by atoms with Crippen molar-refractivity contribution >= 4 is 47.2 Å². The molecule has 26 heavy (non-hydrogen) atoms. The molecule has 0 saturated carbocycles. The van der Waals surface area contributed by atoms with Crippen molar-refractivity contribution in [1.29, 1.82) is 0 Å². The number of aliphatic imine (C=N–C) groups is 1. The van der Waals surface area contributed by atoms with Crippen molar-refractivity contribution in [2.75, 3.05) is 39.8 Å². The van der Waals surface area contributed by atoms with Gasteiger partial charge in [0.05, 0.1) is 12.6 Å². The van der Waals surface area contributed by atoms with Crippen LogP contribution in [0.15, 0.2) is 22.5 Å². The standard InChI is InChI=1S/C18H30N4O2S.HI/c1-3-24-17(23)9-6-10-20-18(19-2)21-14-15(16-8-7-13-25-16)22-11-4-5-12-22;/h7-8,13,15H,3-6,9-12,14H2,1-2H3,(H2,19,20,21);1H. The lowest BCUT2D eigenvalue weighted by Crippen LogP contribution is -2.42. The lowest BCUT2D eigenvalue weighted by atomic mass is 10.2. The van der Waals surface area contributed by atoms with Crippen LogP contribution in [0.3, 0.4) is 0 Å². The molecule has 1 aromatic heterocycles. The van der Waals surface area contributed by atoms with Gasteiger partial charge in [-0.25, -0.2) is 0 Å². The molecule has 1 aliphatic rings. The topological polar surface area (TPSA) is 66.0 Å². The summed E-state index contributed by atoms with van der Waals surface area (Å²) in [7, 11) is 1.77. The molecule has 0 bridgehead atoms. The Hall–Kier alpha value is -0.870. The summed E-state index contributed by atoms with van der Waals surface area (Å²) in [5.41, 5.74) is 0. The van der Waals surface area contributed by atoms with Crippen molar-refractivity contribution in [3.63, 3.8) is 0 Å². The number of ether oxygens (including phenoxy) is 1. The fourth-order valence-electron chi connectivity index (χ4n) is 3.03. The molecule has 0 aliphatic carbocycles. The SMILES string of the molecule is CCOC(=O)CCCNC(=NC)NCC(c1cccs1)N1CCCC1.I. The molecule has 1 unspecified atom stereocenters. The van der Waals surface area contributed by atoms with Crippen molar-refractivity contribution in [2.45, 2.75) is 38.6 Å². The van der Waals surface area contributed by atoms with Crippen LogP contribution in [0.2, 0.25) is 0 Å². The molecule has 0 amide bonds. The third kappa shape index (κ3) is 7.79. The number of carbonyl (C=O) groups excluding carboxylic acids is 1. The molecule has 8 heteroatoms. The molecule has 1 saturated heterocycles. The highest BCUT2D eigenvalue weighted by Crippen LogP contribution is 2.27. The highest BCUT2D eigenvalue weighted by Gasteiger charge is 2.24. The molecular weight excluding hydrogens is 463 g/mol. The first kappa shape index (κ1) is 23.2. The maximum Gasteiger partial charge on any atom is 0.305 e. The molecular formula is C18H31IN4O2S. The van der Waals surface area contributed by atoms with Crippen LogP contribution in [0.4, 0.5) is 0 Å². The lowest BCUT2D eigenvalue weighted by molar-refractivity contribution is -0.143.